The standard InChI is InChI=1S/C15H31NO/c1-2-3-4-5-6-7-8-11-15(17)12-9-14(16)10-13-15/h14,17H,2-13,16H2,1H3. The molecule has 0 aromatic rings. The molecule has 0 aromatic carbocycles. The fraction of sp³-hybridized carbons (Fsp3) is 1.00. The smallest absolute Gasteiger partial charge is 0.0649 e. The molecule has 102 valence electrons. The van der Waals surface area contributed by atoms with Crippen molar-refractivity contribution in [2.75, 3.05) is 0 Å². The van der Waals surface area contributed by atoms with Gasteiger partial charge in [-0.1, -0.05) is 51.9 Å². The molecule has 0 unspecified atom stereocenters. The minimum absolute atomic E-state index is 0.337. The van der Waals surface area contributed by atoms with Crippen LogP contribution < -0.4 is 5.73 Å². The highest BCUT2D eigenvalue weighted by atomic mass is 16.3. The van der Waals surface area contributed by atoms with Crippen molar-refractivity contribution in [1.29, 1.82) is 0 Å². The number of aliphatic hydroxyl groups is 1. The van der Waals surface area contributed by atoms with Gasteiger partial charge in [0.15, 0.2) is 0 Å². The van der Waals surface area contributed by atoms with Crippen molar-refractivity contribution in [3.63, 3.8) is 0 Å². The number of nitrogens with two attached hydrogens (primary N) is 1. The lowest BCUT2D eigenvalue weighted by Gasteiger charge is -2.34. The van der Waals surface area contributed by atoms with Gasteiger partial charge in [-0.25, -0.2) is 0 Å². The highest BCUT2D eigenvalue weighted by Crippen LogP contribution is 2.32. The van der Waals surface area contributed by atoms with Crippen molar-refractivity contribution in [2.45, 2.75) is 95.6 Å². The summed E-state index contributed by atoms with van der Waals surface area (Å²) >= 11 is 0. The van der Waals surface area contributed by atoms with E-state index < -0.39 is 0 Å². The summed E-state index contributed by atoms with van der Waals surface area (Å²) in [5, 5.41) is 10.4. The van der Waals surface area contributed by atoms with Crippen molar-refractivity contribution >= 4 is 0 Å². The first kappa shape index (κ1) is 15.0. The molecule has 0 aromatic heterocycles. The van der Waals surface area contributed by atoms with Crippen LogP contribution in [0.3, 0.4) is 0 Å². The van der Waals surface area contributed by atoms with Gasteiger partial charge >= 0.3 is 0 Å². The molecule has 1 rings (SSSR count). The topological polar surface area (TPSA) is 46.2 Å². The first-order chi connectivity index (χ1) is 8.16. The van der Waals surface area contributed by atoms with Gasteiger partial charge in [0.25, 0.3) is 0 Å². The molecule has 3 N–H and O–H groups in total. The van der Waals surface area contributed by atoms with E-state index in [1.807, 2.05) is 0 Å². The molecule has 17 heavy (non-hydrogen) atoms. The molecule has 0 amide bonds. The Morgan fingerprint density at radius 2 is 1.53 bits per heavy atom. The van der Waals surface area contributed by atoms with Gasteiger partial charge < -0.3 is 10.8 Å². The third-order valence-electron chi connectivity index (χ3n) is 4.21. The minimum Gasteiger partial charge on any atom is -0.390 e. The van der Waals surface area contributed by atoms with Gasteiger partial charge in [0, 0.05) is 6.04 Å². The van der Waals surface area contributed by atoms with E-state index in [4.69, 9.17) is 5.73 Å². The molecular weight excluding hydrogens is 210 g/mol. The van der Waals surface area contributed by atoms with Crippen LogP contribution in [0, 0.1) is 0 Å². The van der Waals surface area contributed by atoms with Crippen molar-refractivity contribution in [3.05, 3.63) is 0 Å². The zero-order chi connectivity index (χ0) is 12.6. The predicted octanol–water partition coefficient (Wildman–Crippen LogP) is 3.76. The highest BCUT2D eigenvalue weighted by molar-refractivity contribution is 4.86. The zero-order valence-electron chi connectivity index (χ0n) is 11.6. The largest absolute Gasteiger partial charge is 0.390 e. The second kappa shape index (κ2) is 8.10. The Balaban J connectivity index is 1.98. The van der Waals surface area contributed by atoms with Gasteiger partial charge in [0.1, 0.15) is 0 Å². The normalized spacial score (nSPS) is 29.5. The molecule has 2 nitrogen and oxygen atoms in total. The van der Waals surface area contributed by atoms with E-state index in [0.717, 1.165) is 32.1 Å². The van der Waals surface area contributed by atoms with Crippen molar-refractivity contribution < 1.29 is 5.11 Å². The molecule has 1 fully saturated rings. The lowest BCUT2D eigenvalue weighted by molar-refractivity contribution is -0.00989. The molecule has 0 saturated heterocycles. The van der Waals surface area contributed by atoms with E-state index in [9.17, 15) is 5.11 Å². The Labute approximate surface area is 107 Å². The molecule has 0 aliphatic heterocycles. The summed E-state index contributed by atoms with van der Waals surface area (Å²) in [5.41, 5.74) is 5.49. The molecule has 0 atom stereocenters. The second-order valence-electron chi connectivity index (χ2n) is 5.93. The highest BCUT2D eigenvalue weighted by Gasteiger charge is 2.30. The second-order valence-corrected chi connectivity index (χ2v) is 5.93. The number of hydrogen-bond acceptors (Lipinski definition) is 2. The summed E-state index contributed by atoms with van der Waals surface area (Å²) in [6, 6.07) is 0.337. The summed E-state index contributed by atoms with van der Waals surface area (Å²) in [4.78, 5) is 0. The maximum atomic E-state index is 10.4. The van der Waals surface area contributed by atoms with Gasteiger partial charge in [-0.3, -0.25) is 0 Å². The molecule has 2 heteroatoms. The number of unbranched alkanes of at least 4 members (excludes halogenated alkanes) is 6. The van der Waals surface area contributed by atoms with Gasteiger partial charge in [-0.2, -0.15) is 0 Å². The van der Waals surface area contributed by atoms with Crippen LogP contribution >= 0.6 is 0 Å². The molecule has 1 saturated carbocycles. The van der Waals surface area contributed by atoms with E-state index in [-0.39, 0.29) is 5.60 Å². The molecule has 1 aliphatic rings. The van der Waals surface area contributed by atoms with Crippen LogP contribution in [0.5, 0.6) is 0 Å². The van der Waals surface area contributed by atoms with Crippen LogP contribution in [-0.2, 0) is 0 Å². The predicted molar refractivity (Wildman–Crippen MR) is 74.0 cm³/mol. The quantitative estimate of drug-likeness (QED) is 0.636. The van der Waals surface area contributed by atoms with E-state index in [1.165, 1.54) is 44.9 Å². The molecule has 0 radical (unpaired) electrons. The lowest BCUT2D eigenvalue weighted by Crippen LogP contribution is -2.38. The Bertz CT molecular complexity index is 185. The SMILES string of the molecule is CCCCCCCCCC1(O)CCC(N)CC1. The van der Waals surface area contributed by atoms with Gasteiger partial charge in [0.05, 0.1) is 5.60 Å². The van der Waals surface area contributed by atoms with Crippen LogP contribution in [0.15, 0.2) is 0 Å². The van der Waals surface area contributed by atoms with Crippen LogP contribution in [0.4, 0.5) is 0 Å². The summed E-state index contributed by atoms with van der Waals surface area (Å²) in [6.45, 7) is 2.25. The summed E-state index contributed by atoms with van der Waals surface area (Å²) in [6.07, 6.45) is 14.1. The first-order valence-electron chi connectivity index (χ1n) is 7.64. The Hall–Kier alpha value is -0.0800. The number of rotatable bonds is 8. The average molecular weight is 241 g/mol. The lowest BCUT2D eigenvalue weighted by atomic mass is 9.79. The summed E-state index contributed by atoms with van der Waals surface area (Å²) < 4.78 is 0. The maximum Gasteiger partial charge on any atom is 0.0649 e. The molecule has 0 heterocycles. The fourth-order valence-electron chi connectivity index (χ4n) is 2.84. The van der Waals surface area contributed by atoms with E-state index in [1.54, 1.807) is 0 Å². The Morgan fingerprint density at radius 1 is 1.00 bits per heavy atom. The summed E-state index contributed by atoms with van der Waals surface area (Å²) in [7, 11) is 0. The van der Waals surface area contributed by atoms with Crippen molar-refractivity contribution in [3.8, 4) is 0 Å². The maximum absolute atomic E-state index is 10.4. The zero-order valence-corrected chi connectivity index (χ0v) is 11.6. The molecule has 0 spiro atoms. The van der Waals surface area contributed by atoms with Gasteiger partial charge in [0.2, 0.25) is 0 Å². The molecular formula is C15H31NO. The van der Waals surface area contributed by atoms with E-state index >= 15 is 0 Å². The van der Waals surface area contributed by atoms with E-state index in [2.05, 4.69) is 6.92 Å². The van der Waals surface area contributed by atoms with Crippen LogP contribution in [0.1, 0.15) is 84.0 Å². The third-order valence-corrected chi connectivity index (χ3v) is 4.21. The van der Waals surface area contributed by atoms with E-state index in [0.29, 0.717) is 6.04 Å². The van der Waals surface area contributed by atoms with Gasteiger partial charge in [-0.15, -0.1) is 0 Å². The van der Waals surface area contributed by atoms with Crippen LogP contribution in [0.25, 0.3) is 0 Å². The minimum atomic E-state index is -0.376. The number of hydrogen-bond donors (Lipinski definition) is 2. The summed E-state index contributed by atoms with van der Waals surface area (Å²) in [5.74, 6) is 0. The third kappa shape index (κ3) is 6.42. The Morgan fingerprint density at radius 3 is 2.12 bits per heavy atom. The van der Waals surface area contributed by atoms with Crippen molar-refractivity contribution in [2.24, 2.45) is 5.73 Å². The molecule has 1 aliphatic carbocycles. The van der Waals surface area contributed by atoms with Crippen LogP contribution in [0.2, 0.25) is 0 Å². The monoisotopic (exact) mass is 241 g/mol. The van der Waals surface area contributed by atoms with Crippen molar-refractivity contribution in [1.82, 2.24) is 0 Å². The fourth-order valence-corrected chi connectivity index (χ4v) is 2.84. The van der Waals surface area contributed by atoms with Crippen LogP contribution in [-0.4, -0.2) is 16.7 Å². The first-order valence-corrected chi connectivity index (χ1v) is 7.64. The average Bonchev–Trinajstić information content (AvgIpc) is 2.32. The molecule has 0 bridgehead atoms. The van der Waals surface area contributed by atoms with Gasteiger partial charge in [-0.05, 0) is 32.1 Å². The Kier molecular flexibility index (Phi) is 7.14.